The molecule has 92 valence electrons. The summed E-state index contributed by atoms with van der Waals surface area (Å²) in [4.78, 5) is 10.5. The third-order valence-electron chi connectivity index (χ3n) is 3.22. The summed E-state index contributed by atoms with van der Waals surface area (Å²) in [5.41, 5.74) is 0.553. The number of halogens is 2. The molecule has 0 radical (unpaired) electrons. The number of non-ortho nitro benzene ring substituents is 1. The standard InChI is InChI=1S/C12H13BrFNO2/c13-12-3-1-2-9(12)4-8-5-10(14)7-11(6-8)15(16)17/h5-7,9,12H,1-4H2. The van der Waals surface area contributed by atoms with E-state index in [2.05, 4.69) is 15.9 Å². The van der Waals surface area contributed by atoms with Gasteiger partial charge in [-0.05, 0) is 36.8 Å². The fraction of sp³-hybridized carbons (Fsp3) is 0.500. The number of nitrogens with zero attached hydrogens (tertiary/aromatic N) is 1. The molecule has 1 aliphatic rings. The van der Waals surface area contributed by atoms with Gasteiger partial charge in [0.25, 0.3) is 5.69 Å². The first kappa shape index (κ1) is 12.5. The van der Waals surface area contributed by atoms with Crippen molar-refractivity contribution in [2.45, 2.75) is 30.5 Å². The number of rotatable bonds is 3. The molecule has 17 heavy (non-hydrogen) atoms. The van der Waals surface area contributed by atoms with Crippen molar-refractivity contribution in [2.24, 2.45) is 5.92 Å². The number of nitro benzene ring substituents is 1. The molecule has 2 unspecified atom stereocenters. The van der Waals surface area contributed by atoms with Gasteiger partial charge in [-0.15, -0.1) is 0 Å². The minimum atomic E-state index is -0.549. The Bertz CT molecular complexity index is 439. The Labute approximate surface area is 107 Å². The van der Waals surface area contributed by atoms with Crippen LogP contribution in [0.5, 0.6) is 0 Å². The van der Waals surface area contributed by atoms with Gasteiger partial charge in [-0.2, -0.15) is 0 Å². The molecule has 1 saturated carbocycles. The van der Waals surface area contributed by atoms with Crippen molar-refractivity contribution >= 4 is 21.6 Å². The summed E-state index contributed by atoms with van der Waals surface area (Å²) in [6.07, 6.45) is 4.09. The first-order valence-electron chi connectivity index (χ1n) is 5.64. The summed E-state index contributed by atoms with van der Waals surface area (Å²) >= 11 is 3.60. The summed E-state index contributed by atoms with van der Waals surface area (Å²) in [5.74, 6) is -0.0743. The minimum absolute atomic E-state index is 0.163. The number of benzene rings is 1. The van der Waals surface area contributed by atoms with Crippen LogP contribution < -0.4 is 0 Å². The summed E-state index contributed by atoms with van der Waals surface area (Å²) in [5, 5.41) is 10.6. The first-order valence-corrected chi connectivity index (χ1v) is 6.56. The van der Waals surface area contributed by atoms with Crippen LogP contribution in [0.3, 0.4) is 0 Å². The van der Waals surface area contributed by atoms with E-state index in [0.29, 0.717) is 22.7 Å². The van der Waals surface area contributed by atoms with Crippen molar-refractivity contribution in [3.05, 3.63) is 39.7 Å². The average Bonchev–Trinajstić information content (AvgIpc) is 2.63. The predicted molar refractivity (Wildman–Crippen MR) is 66.8 cm³/mol. The number of nitro groups is 1. The van der Waals surface area contributed by atoms with Crippen molar-refractivity contribution in [1.29, 1.82) is 0 Å². The molecule has 0 heterocycles. The van der Waals surface area contributed by atoms with E-state index >= 15 is 0 Å². The maximum Gasteiger partial charge on any atom is 0.272 e. The van der Waals surface area contributed by atoms with Crippen molar-refractivity contribution in [1.82, 2.24) is 0 Å². The van der Waals surface area contributed by atoms with Gasteiger partial charge in [0.2, 0.25) is 0 Å². The smallest absolute Gasteiger partial charge is 0.258 e. The van der Waals surface area contributed by atoms with Gasteiger partial charge in [-0.1, -0.05) is 22.4 Å². The molecular weight excluding hydrogens is 289 g/mol. The molecule has 1 fully saturated rings. The molecule has 0 aliphatic heterocycles. The van der Waals surface area contributed by atoms with E-state index in [1.54, 1.807) is 0 Å². The zero-order valence-corrected chi connectivity index (χ0v) is 10.8. The maximum atomic E-state index is 13.2. The van der Waals surface area contributed by atoms with Crippen LogP contribution in [-0.4, -0.2) is 9.75 Å². The second kappa shape index (κ2) is 5.12. The molecule has 3 nitrogen and oxygen atoms in total. The van der Waals surface area contributed by atoms with Gasteiger partial charge in [0.05, 0.1) is 11.0 Å². The topological polar surface area (TPSA) is 43.1 Å². The van der Waals surface area contributed by atoms with Crippen LogP contribution in [0.4, 0.5) is 10.1 Å². The third kappa shape index (κ3) is 3.03. The lowest BCUT2D eigenvalue weighted by atomic mass is 9.97. The van der Waals surface area contributed by atoms with E-state index in [-0.39, 0.29) is 5.69 Å². The zero-order valence-electron chi connectivity index (χ0n) is 9.23. The number of hydrogen-bond acceptors (Lipinski definition) is 2. The van der Waals surface area contributed by atoms with Gasteiger partial charge in [0.15, 0.2) is 0 Å². The normalized spacial score (nSPS) is 23.9. The van der Waals surface area contributed by atoms with E-state index in [0.717, 1.165) is 25.3 Å². The van der Waals surface area contributed by atoms with Gasteiger partial charge >= 0.3 is 0 Å². The van der Waals surface area contributed by atoms with Crippen molar-refractivity contribution in [3.63, 3.8) is 0 Å². The third-order valence-corrected chi connectivity index (χ3v) is 4.42. The number of hydrogen-bond donors (Lipinski definition) is 0. The van der Waals surface area contributed by atoms with E-state index in [1.165, 1.54) is 12.1 Å². The van der Waals surface area contributed by atoms with E-state index in [9.17, 15) is 14.5 Å². The van der Waals surface area contributed by atoms with Crippen LogP contribution in [0.1, 0.15) is 24.8 Å². The van der Waals surface area contributed by atoms with Crippen LogP contribution in [0.25, 0.3) is 0 Å². The summed E-state index contributed by atoms with van der Waals surface area (Å²) < 4.78 is 13.2. The molecule has 2 rings (SSSR count). The van der Waals surface area contributed by atoms with Gasteiger partial charge in [-0.3, -0.25) is 10.1 Å². The van der Waals surface area contributed by atoms with Crippen LogP contribution in [-0.2, 0) is 6.42 Å². The molecule has 0 saturated heterocycles. The molecule has 1 aromatic carbocycles. The lowest BCUT2D eigenvalue weighted by Crippen LogP contribution is -2.10. The van der Waals surface area contributed by atoms with Gasteiger partial charge < -0.3 is 0 Å². The minimum Gasteiger partial charge on any atom is -0.258 e. The molecule has 0 spiro atoms. The van der Waals surface area contributed by atoms with Crippen LogP contribution >= 0.6 is 15.9 Å². The summed E-state index contributed by atoms with van der Waals surface area (Å²) in [6, 6.07) is 3.83. The summed E-state index contributed by atoms with van der Waals surface area (Å²) in [7, 11) is 0. The highest BCUT2D eigenvalue weighted by Gasteiger charge is 2.25. The summed E-state index contributed by atoms with van der Waals surface area (Å²) in [6.45, 7) is 0. The average molecular weight is 302 g/mol. The molecular formula is C12H13BrFNO2. The molecule has 0 aromatic heterocycles. The molecule has 0 bridgehead atoms. The highest BCUT2D eigenvalue weighted by atomic mass is 79.9. The van der Waals surface area contributed by atoms with E-state index in [4.69, 9.17) is 0 Å². The SMILES string of the molecule is O=[N+]([O-])c1cc(F)cc(CC2CCCC2Br)c1. The zero-order chi connectivity index (χ0) is 12.4. The fourth-order valence-electron chi connectivity index (χ4n) is 2.38. The lowest BCUT2D eigenvalue weighted by molar-refractivity contribution is -0.385. The monoisotopic (exact) mass is 301 g/mol. The maximum absolute atomic E-state index is 13.2. The lowest BCUT2D eigenvalue weighted by Gasteiger charge is -2.13. The second-order valence-corrected chi connectivity index (χ2v) is 5.66. The highest BCUT2D eigenvalue weighted by Crippen LogP contribution is 2.34. The Morgan fingerprint density at radius 3 is 2.76 bits per heavy atom. The van der Waals surface area contributed by atoms with E-state index < -0.39 is 10.7 Å². The highest BCUT2D eigenvalue weighted by molar-refractivity contribution is 9.09. The van der Waals surface area contributed by atoms with Gasteiger partial charge in [-0.25, -0.2) is 4.39 Å². The Hall–Kier alpha value is -0.970. The molecule has 1 aromatic rings. The fourth-order valence-corrected chi connectivity index (χ4v) is 3.16. The molecule has 5 heteroatoms. The van der Waals surface area contributed by atoms with Crippen LogP contribution in [0.2, 0.25) is 0 Å². The van der Waals surface area contributed by atoms with Crippen LogP contribution in [0.15, 0.2) is 18.2 Å². The van der Waals surface area contributed by atoms with Gasteiger partial charge in [0, 0.05) is 10.9 Å². The first-order chi connectivity index (χ1) is 8.06. The Morgan fingerprint density at radius 1 is 1.41 bits per heavy atom. The largest absolute Gasteiger partial charge is 0.272 e. The second-order valence-electron chi connectivity index (χ2n) is 4.49. The Kier molecular flexibility index (Phi) is 3.76. The molecule has 0 amide bonds. The van der Waals surface area contributed by atoms with E-state index in [1.807, 2.05) is 0 Å². The molecule has 2 atom stereocenters. The number of alkyl halides is 1. The van der Waals surface area contributed by atoms with Gasteiger partial charge in [0.1, 0.15) is 5.82 Å². The Morgan fingerprint density at radius 2 is 2.18 bits per heavy atom. The molecule has 0 N–H and O–H groups in total. The molecule has 1 aliphatic carbocycles. The quantitative estimate of drug-likeness (QED) is 0.483. The van der Waals surface area contributed by atoms with Crippen molar-refractivity contribution in [3.8, 4) is 0 Å². The van der Waals surface area contributed by atoms with Crippen molar-refractivity contribution in [2.75, 3.05) is 0 Å². The Balaban J connectivity index is 2.17. The van der Waals surface area contributed by atoms with Crippen LogP contribution in [0, 0.1) is 21.8 Å². The predicted octanol–water partition coefficient (Wildman–Crippen LogP) is 3.84. The van der Waals surface area contributed by atoms with Crippen molar-refractivity contribution < 1.29 is 9.31 Å².